The zero-order chi connectivity index (χ0) is 21.6. The van der Waals surface area contributed by atoms with Gasteiger partial charge in [0.15, 0.2) is 0 Å². The summed E-state index contributed by atoms with van der Waals surface area (Å²) in [6, 6.07) is 5.43. The molecular formula is C20H30N6O3. The second-order valence-corrected chi connectivity index (χ2v) is 6.59. The number of nitrogens with one attached hydrogen (secondary N) is 4. The maximum Gasteiger partial charge on any atom is 0.353 e. The van der Waals surface area contributed by atoms with E-state index < -0.39 is 4.92 Å². The number of ether oxygens (including phenoxy) is 1. The molecule has 158 valence electrons. The van der Waals surface area contributed by atoms with E-state index in [-0.39, 0.29) is 23.4 Å². The number of rotatable bonds is 10. The molecule has 0 saturated carbocycles. The Morgan fingerprint density at radius 3 is 2.10 bits per heavy atom. The van der Waals surface area contributed by atoms with E-state index in [9.17, 15) is 10.1 Å². The second-order valence-electron chi connectivity index (χ2n) is 6.59. The summed E-state index contributed by atoms with van der Waals surface area (Å²) in [4.78, 5) is 15.9. The van der Waals surface area contributed by atoms with Gasteiger partial charge in [-0.3, -0.25) is 10.1 Å². The van der Waals surface area contributed by atoms with Crippen LogP contribution < -0.4 is 26.0 Å². The van der Waals surface area contributed by atoms with Crippen LogP contribution in [-0.2, 0) is 0 Å². The lowest BCUT2D eigenvalue weighted by molar-refractivity contribution is -0.385. The number of nitro groups is 1. The summed E-state index contributed by atoms with van der Waals surface area (Å²) < 4.78 is 5.95. The number of aryl methyl sites for hydroxylation is 1. The zero-order valence-corrected chi connectivity index (χ0v) is 17.8. The summed E-state index contributed by atoms with van der Waals surface area (Å²) in [6.07, 6.45) is 1.42. The van der Waals surface area contributed by atoms with Gasteiger partial charge in [0.1, 0.15) is 0 Å². The molecule has 29 heavy (non-hydrogen) atoms. The van der Waals surface area contributed by atoms with Gasteiger partial charge >= 0.3 is 5.69 Å². The van der Waals surface area contributed by atoms with Crippen LogP contribution in [0.2, 0.25) is 0 Å². The van der Waals surface area contributed by atoms with Gasteiger partial charge in [-0.05, 0) is 31.9 Å². The first-order valence-corrected chi connectivity index (χ1v) is 9.69. The van der Waals surface area contributed by atoms with Crippen LogP contribution in [0.1, 0.15) is 32.4 Å². The fourth-order valence-corrected chi connectivity index (χ4v) is 3.06. The van der Waals surface area contributed by atoms with Crippen molar-refractivity contribution >= 4 is 34.3 Å². The van der Waals surface area contributed by atoms with Crippen molar-refractivity contribution in [1.29, 1.82) is 0 Å². The number of aromatic nitrogens is 1. The van der Waals surface area contributed by atoms with Gasteiger partial charge in [-0.2, -0.15) is 0 Å². The van der Waals surface area contributed by atoms with E-state index in [2.05, 4.69) is 26.3 Å². The number of benzene rings is 1. The largest absolute Gasteiger partial charge is 0.483 e. The Balaban J connectivity index is 2.61. The SMILES string of the molecule is CCC(CC)Oc1cc(C)nc(Nc2c(NC)cc(NC)cc2NC)c1[N+](=O)[O-]. The molecule has 0 amide bonds. The minimum absolute atomic E-state index is 0.0981. The zero-order valence-electron chi connectivity index (χ0n) is 17.8. The van der Waals surface area contributed by atoms with Crippen molar-refractivity contribution < 1.29 is 9.66 Å². The third-order valence-electron chi connectivity index (χ3n) is 4.68. The monoisotopic (exact) mass is 402 g/mol. The smallest absolute Gasteiger partial charge is 0.353 e. The van der Waals surface area contributed by atoms with Crippen molar-refractivity contribution in [3.63, 3.8) is 0 Å². The third-order valence-corrected chi connectivity index (χ3v) is 4.68. The van der Waals surface area contributed by atoms with Crippen LogP contribution >= 0.6 is 0 Å². The van der Waals surface area contributed by atoms with Crippen LogP contribution in [0.25, 0.3) is 0 Å². The lowest BCUT2D eigenvalue weighted by Gasteiger charge is -2.20. The van der Waals surface area contributed by atoms with E-state index >= 15 is 0 Å². The second kappa shape index (κ2) is 9.81. The molecule has 2 aromatic rings. The number of pyridine rings is 1. The van der Waals surface area contributed by atoms with Crippen LogP contribution in [0.3, 0.4) is 0 Å². The summed E-state index contributed by atoms with van der Waals surface area (Å²) in [5, 5.41) is 24.4. The van der Waals surface area contributed by atoms with E-state index in [4.69, 9.17) is 4.74 Å². The molecule has 1 aromatic carbocycles. The summed E-state index contributed by atoms with van der Waals surface area (Å²) in [5.74, 6) is 0.365. The van der Waals surface area contributed by atoms with Gasteiger partial charge in [-0.15, -0.1) is 0 Å². The van der Waals surface area contributed by atoms with E-state index in [1.165, 1.54) is 0 Å². The van der Waals surface area contributed by atoms with E-state index in [1.54, 1.807) is 27.1 Å². The number of hydrogen-bond acceptors (Lipinski definition) is 8. The third kappa shape index (κ3) is 4.98. The van der Waals surface area contributed by atoms with Gasteiger partial charge < -0.3 is 26.0 Å². The molecule has 0 atom stereocenters. The van der Waals surface area contributed by atoms with E-state index in [0.29, 0.717) is 11.4 Å². The van der Waals surface area contributed by atoms with Gasteiger partial charge in [0.05, 0.1) is 28.1 Å². The minimum Gasteiger partial charge on any atom is -0.483 e. The van der Waals surface area contributed by atoms with Gasteiger partial charge in [-0.25, -0.2) is 4.98 Å². The summed E-state index contributed by atoms with van der Waals surface area (Å²) >= 11 is 0. The fourth-order valence-electron chi connectivity index (χ4n) is 3.06. The van der Waals surface area contributed by atoms with Gasteiger partial charge in [0.2, 0.25) is 11.6 Å². The van der Waals surface area contributed by atoms with Crippen LogP contribution in [0.5, 0.6) is 5.75 Å². The van der Waals surface area contributed by atoms with Crippen molar-refractivity contribution in [2.45, 2.75) is 39.7 Å². The van der Waals surface area contributed by atoms with Gasteiger partial charge in [-0.1, -0.05) is 13.8 Å². The average molecular weight is 402 g/mol. The van der Waals surface area contributed by atoms with E-state index in [1.807, 2.05) is 33.0 Å². The molecule has 1 aromatic heterocycles. The summed E-state index contributed by atoms with van der Waals surface area (Å²) in [6.45, 7) is 5.78. The van der Waals surface area contributed by atoms with Crippen molar-refractivity contribution in [2.75, 3.05) is 42.4 Å². The maximum atomic E-state index is 11.9. The lowest BCUT2D eigenvalue weighted by Crippen LogP contribution is -2.16. The first kappa shape index (κ1) is 22.1. The van der Waals surface area contributed by atoms with E-state index in [0.717, 1.165) is 29.9 Å². The van der Waals surface area contributed by atoms with Gasteiger partial charge in [0, 0.05) is 38.6 Å². The highest BCUT2D eigenvalue weighted by molar-refractivity contribution is 5.90. The maximum absolute atomic E-state index is 11.9. The molecule has 1 heterocycles. The molecule has 0 unspecified atom stereocenters. The highest BCUT2D eigenvalue weighted by atomic mass is 16.6. The Morgan fingerprint density at radius 1 is 1.07 bits per heavy atom. The lowest BCUT2D eigenvalue weighted by atomic mass is 10.1. The normalized spacial score (nSPS) is 10.6. The quantitative estimate of drug-likeness (QED) is 0.333. The molecule has 0 aliphatic rings. The number of nitrogens with zero attached hydrogens (tertiary/aromatic N) is 2. The topological polar surface area (TPSA) is 113 Å². The minimum atomic E-state index is -0.452. The first-order chi connectivity index (χ1) is 13.9. The van der Waals surface area contributed by atoms with Crippen molar-refractivity contribution in [3.8, 4) is 5.75 Å². The Morgan fingerprint density at radius 2 is 1.66 bits per heavy atom. The number of hydrogen-bond donors (Lipinski definition) is 4. The molecule has 0 saturated heterocycles. The molecule has 4 N–H and O–H groups in total. The predicted octanol–water partition coefficient (Wildman–Crippen LogP) is 4.73. The van der Waals surface area contributed by atoms with Crippen molar-refractivity contribution in [2.24, 2.45) is 0 Å². The standard InChI is InChI=1S/C20H30N6O3/c1-7-14(8-2)29-17-9-12(3)24-20(19(17)26(27)28)25-18-15(22-5)10-13(21-4)11-16(18)23-6/h9-11,14,21-23H,7-8H2,1-6H3,(H,24,25). The molecular weight excluding hydrogens is 372 g/mol. The Labute approximate surface area is 171 Å². The fraction of sp³-hybridized carbons (Fsp3) is 0.450. The molecule has 0 radical (unpaired) electrons. The molecule has 0 aliphatic carbocycles. The Hall–Kier alpha value is -3.23. The first-order valence-electron chi connectivity index (χ1n) is 9.69. The van der Waals surface area contributed by atoms with Crippen LogP contribution in [0.4, 0.5) is 34.3 Å². The molecule has 0 aliphatic heterocycles. The summed E-state index contributed by atoms with van der Waals surface area (Å²) in [7, 11) is 5.41. The van der Waals surface area contributed by atoms with Crippen LogP contribution in [0, 0.1) is 17.0 Å². The predicted molar refractivity (Wildman–Crippen MR) is 119 cm³/mol. The Bertz CT molecular complexity index is 843. The number of anilines is 5. The molecule has 9 nitrogen and oxygen atoms in total. The highest BCUT2D eigenvalue weighted by Crippen LogP contribution is 2.41. The molecule has 0 fully saturated rings. The van der Waals surface area contributed by atoms with Crippen LogP contribution in [0.15, 0.2) is 18.2 Å². The molecule has 0 spiro atoms. The average Bonchev–Trinajstić information content (AvgIpc) is 2.71. The van der Waals surface area contributed by atoms with Crippen LogP contribution in [-0.4, -0.2) is 37.2 Å². The molecule has 2 rings (SSSR count). The highest BCUT2D eigenvalue weighted by Gasteiger charge is 2.27. The van der Waals surface area contributed by atoms with Crippen molar-refractivity contribution in [3.05, 3.63) is 34.0 Å². The molecule has 9 heteroatoms. The Kier molecular flexibility index (Phi) is 7.46. The summed E-state index contributed by atoms with van der Waals surface area (Å²) in [5.41, 5.74) is 3.53. The van der Waals surface area contributed by atoms with Gasteiger partial charge in [0.25, 0.3) is 0 Å². The molecule has 0 bridgehead atoms. The van der Waals surface area contributed by atoms with Crippen molar-refractivity contribution in [1.82, 2.24) is 4.98 Å².